The SMILES string of the molecule is CN(Cc1cccc(Cl)c1)C(=O)CCn1c(=O)oc2ccccc21. The standard InChI is InChI=1S/C18H17ClN2O3/c1-20(12-13-5-4-6-14(19)11-13)17(22)9-10-21-15-7-2-3-8-16(15)24-18(21)23/h2-8,11H,9-10,12H2,1H3. The highest BCUT2D eigenvalue weighted by atomic mass is 35.5. The number of carbonyl (C=O) groups excluding carboxylic acids is 1. The number of aryl methyl sites for hydroxylation is 1. The van der Waals surface area contributed by atoms with Crippen molar-refractivity contribution in [1.82, 2.24) is 9.47 Å². The van der Waals surface area contributed by atoms with Crippen LogP contribution in [0.15, 0.2) is 57.7 Å². The number of oxazole rings is 1. The van der Waals surface area contributed by atoms with E-state index in [1.807, 2.05) is 24.3 Å². The number of halogens is 1. The molecule has 1 heterocycles. The molecule has 0 bridgehead atoms. The normalized spacial score (nSPS) is 10.9. The zero-order chi connectivity index (χ0) is 17.1. The van der Waals surface area contributed by atoms with E-state index in [4.69, 9.17) is 16.0 Å². The van der Waals surface area contributed by atoms with E-state index < -0.39 is 5.76 Å². The van der Waals surface area contributed by atoms with Crippen LogP contribution >= 0.6 is 11.6 Å². The van der Waals surface area contributed by atoms with Gasteiger partial charge in [-0.05, 0) is 29.8 Å². The van der Waals surface area contributed by atoms with Crippen molar-refractivity contribution in [3.05, 3.63) is 69.7 Å². The molecule has 0 aliphatic carbocycles. The molecular weight excluding hydrogens is 328 g/mol. The minimum Gasteiger partial charge on any atom is -0.408 e. The minimum atomic E-state index is -0.443. The molecule has 24 heavy (non-hydrogen) atoms. The van der Waals surface area contributed by atoms with Crippen molar-refractivity contribution in [2.45, 2.75) is 19.5 Å². The summed E-state index contributed by atoms with van der Waals surface area (Å²) in [5.41, 5.74) is 2.19. The smallest absolute Gasteiger partial charge is 0.408 e. The monoisotopic (exact) mass is 344 g/mol. The highest BCUT2D eigenvalue weighted by Crippen LogP contribution is 2.14. The highest BCUT2D eigenvalue weighted by molar-refractivity contribution is 6.30. The summed E-state index contributed by atoms with van der Waals surface area (Å²) >= 11 is 5.96. The Labute approximate surface area is 144 Å². The number of carbonyl (C=O) groups is 1. The molecule has 3 rings (SSSR count). The van der Waals surface area contributed by atoms with Crippen LogP contribution in [-0.4, -0.2) is 22.4 Å². The van der Waals surface area contributed by atoms with E-state index in [0.717, 1.165) is 5.56 Å². The van der Waals surface area contributed by atoms with Crippen molar-refractivity contribution < 1.29 is 9.21 Å². The first kappa shape index (κ1) is 16.3. The Kier molecular flexibility index (Phi) is 4.71. The van der Waals surface area contributed by atoms with Gasteiger partial charge in [0.05, 0.1) is 5.52 Å². The van der Waals surface area contributed by atoms with Gasteiger partial charge < -0.3 is 9.32 Å². The molecule has 1 aromatic heterocycles. The van der Waals surface area contributed by atoms with Gasteiger partial charge in [-0.15, -0.1) is 0 Å². The fraction of sp³-hybridized carbons (Fsp3) is 0.222. The predicted octanol–water partition coefficient (Wildman–Crippen LogP) is 3.30. The zero-order valence-electron chi connectivity index (χ0n) is 13.2. The number of benzene rings is 2. The van der Waals surface area contributed by atoms with E-state index in [1.54, 1.807) is 36.2 Å². The molecule has 2 aromatic carbocycles. The predicted molar refractivity (Wildman–Crippen MR) is 93.0 cm³/mol. The van der Waals surface area contributed by atoms with Crippen molar-refractivity contribution in [2.75, 3.05) is 7.05 Å². The number of hydrogen-bond donors (Lipinski definition) is 0. The van der Waals surface area contributed by atoms with Gasteiger partial charge in [0.25, 0.3) is 0 Å². The average molecular weight is 345 g/mol. The van der Waals surface area contributed by atoms with E-state index >= 15 is 0 Å². The lowest BCUT2D eigenvalue weighted by atomic mass is 10.2. The van der Waals surface area contributed by atoms with Crippen molar-refractivity contribution >= 4 is 28.6 Å². The third-order valence-corrected chi connectivity index (χ3v) is 4.09. The molecule has 0 N–H and O–H groups in total. The molecule has 0 saturated heterocycles. The molecule has 124 valence electrons. The number of amides is 1. The van der Waals surface area contributed by atoms with Crippen molar-refractivity contribution in [3.63, 3.8) is 0 Å². The van der Waals surface area contributed by atoms with Crippen LogP contribution in [0.5, 0.6) is 0 Å². The van der Waals surface area contributed by atoms with Crippen molar-refractivity contribution in [2.24, 2.45) is 0 Å². The number of aromatic nitrogens is 1. The maximum Gasteiger partial charge on any atom is 0.419 e. The van der Waals surface area contributed by atoms with Crippen LogP contribution < -0.4 is 5.76 Å². The van der Waals surface area contributed by atoms with E-state index in [1.165, 1.54) is 4.57 Å². The number of fused-ring (bicyclic) bond motifs is 1. The Morgan fingerprint density at radius 3 is 2.79 bits per heavy atom. The van der Waals surface area contributed by atoms with E-state index in [2.05, 4.69) is 0 Å². The fourth-order valence-electron chi connectivity index (χ4n) is 2.62. The summed E-state index contributed by atoms with van der Waals surface area (Å²) in [4.78, 5) is 25.9. The Morgan fingerprint density at radius 2 is 2.00 bits per heavy atom. The maximum atomic E-state index is 12.3. The van der Waals surface area contributed by atoms with Gasteiger partial charge >= 0.3 is 5.76 Å². The molecule has 0 atom stereocenters. The number of para-hydroxylation sites is 2. The van der Waals surface area contributed by atoms with E-state index in [9.17, 15) is 9.59 Å². The van der Waals surface area contributed by atoms with E-state index in [-0.39, 0.29) is 18.9 Å². The minimum absolute atomic E-state index is 0.0489. The van der Waals surface area contributed by atoms with Gasteiger partial charge in [-0.2, -0.15) is 0 Å². The molecule has 0 aliphatic heterocycles. The summed E-state index contributed by atoms with van der Waals surface area (Å²) in [5.74, 6) is -0.492. The van der Waals surface area contributed by atoms with Crippen LogP contribution in [0.3, 0.4) is 0 Å². The summed E-state index contributed by atoms with van der Waals surface area (Å²) < 4.78 is 6.66. The topological polar surface area (TPSA) is 55.5 Å². The first-order valence-corrected chi connectivity index (χ1v) is 7.99. The zero-order valence-corrected chi connectivity index (χ0v) is 14.0. The number of rotatable bonds is 5. The molecule has 0 unspecified atom stereocenters. The molecular formula is C18H17ClN2O3. The van der Waals surface area contributed by atoms with Gasteiger partial charge in [-0.1, -0.05) is 35.9 Å². The summed E-state index contributed by atoms with van der Waals surface area (Å²) in [6, 6.07) is 14.6. The number of nitrogens with zero attached hydrogens (tertiary/aromatic N) is 2. The van der Waals surface area contributed by atoms with E-state index in [0.29, 0.717) is 22.7 Å². The largest absolute Gasteiger partial charge is 0.419 e. The lowest BCUT2D eigenvalue weighted by molar-refractivity contribution is -0.130. The third kappa shape index (κ3) is 3.51. The molecule has 5 nitrogen and oxygen atoms in total. The van der Waals surface area contributed by atoms with Gasteiger partial charge in [-0.3, -0.25) is 9.36 Å². The lowest BCUT2D eigenvalue weighted by Crippen LogP contribution is -2.28. The third-order valence-electron chi connectivity index (χ3n) is 3.86. The average Bonchev–Trinajstić information content (AvgIpc) is 2.88. The highest BCUT2D eigenvalue weighted by Gasteiger charge is 2.13. The second-order valence-corrected chi connectivity index (χ2v) is 6.05. The van der Waals surface area contributed by atoms with Crippen LogP contribution in [0.1, 0.15) is 12.0 Å². The molecule has 0 fully saturated rings. The molecule has 6 heteroatoms. The number of hydrogen-bond acceptors (Lipinski definition) is 3. The van der Waals surface area contributed by atoms with Gasteiger partial charge in [0, 0.05) is 31.6 Å². The first-order valence-electron chi connectivity index (χ1n) is 7.61. The Hall–Kier alpha value is -2.53. The second kappa shape index (κ2) is 6.93. The van der Waals surface area contributed by atoms with Crippen LogP contribution in [0.4, 0.5) is 0 Å². The Balaban J connectivity index is 1.66. The van der Waals surface area contributed by atoms with Crippen LogP contribution in [0.25, 0.3) is 11.1 Å². The van der Waals surface area contributed by atoms with Crippen LogP contribution in [0, 0.1) is 0 Å². The first-order chi connectivity index (χ1) is 11.5. The second-order valence-electron chi connectivity index (χ2n) is 5.62. The Bertz CT molecular complexity index is 929. The molecule has 0 aliphatic rings. The van der Waals surface area contributed by atoms with Gasteiger partial charge in [0.1, 0.15) is 0 Å². The molecule has 0 saturated carbocycles. The summed E-state index contributed by atoms with van der Waals surface area (Å²) in [6.07, 6.45) is 0.223. The van der Waals surface area contributed by atoms with Gasteiger partial charge in [0.2, 0.25) is 5.91 Å². The molecule has 0 spiro atoms. The molecule has 0 radical (unpaired) electrons. The summed E-state index contributed by atoms with van der Waals surface area (Å²) in [6.45, 7) is 0.759. The van der Waals surface area contributed by atoms with Gasteiger partial charge in [-0.25, -0.2) is 4.79 Å². The fourth-order valence-corrected chi connectivity index (χ4v) is 2.83. The maximum absolute atomic E-state index is 12.3. The van der Waals surface area contributed by atoms with Gasteiger partial charge in [0.15, 0.2) is 5.58 Å². The molecule has 1 amide bonds. The Morgan fingerprint density at radius 1 is 1.21 bits per heavy atom. The summed E-state index contributed by atoms with van der Waals surface area (Å²) in [5, 5.41) is 0.643. The quantitative estimate of drug-likeness (QED) is 0.713. The summed E-state index contributed by atoms with van der Waals surface area (Å²) in [7, 11) is 1.74. The van der Waals surface area contributed by atoms with Crippen molar-refractivity contribution in [1.29, 1.82) is 0 Å². The van der Waals surface area contributed by atoms with Crippen molar-refractivity contribution in [3.8, 4) is 0 Å². The van der Waals surface area contributed by atoms with Crippen LogP contribution in [-0.2, 0) is 17.9 Å². The molecule has 3 aromatic rings. The lowest BCUT2D eigenvalue weighted by Gasteiger charge is -2.17. The van der Waals surface area contributed by atoms with Crippen LogP contribution in [0.2, 0.25) is 5.02 Å².